The average molecular weight is 497 g/mol. The van der Waals surface area contributed by atoms with Crippen molar-refractivity contribution in [2.75, 3.05) is 11.9 Å². The summed E-state index contributed by atoms with van der Waals surface area (Å²) in [7, 11) is -4.25. The van der Waals surface area contributed by atoms with Crippen LogP contribution in [0.25, 0.3) is 33.3 Å². The standard InChI is InChI=1S/C23H21FN5O5P/c1-3-22(30)28-18-7-16(10-25-12-18)17-8-19-20(15-5-6-26-21(24)9-15)13-29(23(19)27-11-17)14-34-35(31,32)33-4-2/h3,5-13H,1,4,14H2,2H3,(H,28,30)(H,31,32). The van der Waals surface area contributed by atoms with E-state index >= 15 is 0 Å². The van der Waals surface area contributed by atoms with Crippen LogP contribution < -0.4 is 5.32 Å². The molecule has 0 aliphatic carbocycles. The molecule has 0 aromatic carbocycles. The Hall–Kier alpha value is -3.76. The number of nitrogens with zero attached hydrogens (tertiary/aromatic N) is 4. The lowest BCUT2D eigenvalue weighted by atomic mass is 10.0. The summed E-state index contributed by atoms with van der Waals surface area (Å²) in [6, 6.07) is 6.47. The van der Waals surface area contributed by atoms with Gasteiger partial charge >= 0.3 is 7.82 Å². The fourth-order valence-electron chi connectivity index (χ4n) is 3.42. The van der Waals surface area contributed by atoms with Crippen LogP contribution in [0.15, 0.2) is 67.9 Å². The Balaban J connectivity index is 1.79. The van der Waals surface area contributed by atoms with Gasteiger partial charge in [-0.2, -0.15) is 4.39 Å². The van der Waals surface area contributed by atoms with Crippen LogP contribution in [0, 0.1) is 5.95 Å². The number of amides is 1. The molecule has 0 saturated carbocycles. The van der Waals surface area contributed by atoms with Gasteiger partial charge in [0.1, 0.15) is 12.4 Å². The van der Waals surface area contributed by atoms with Crippen LogP contribution in [0.1, 0.15) is 6.92 Å². The third-order valence-corrected chi connectivity index (χ3v) is 5.95. The number of fused-ring (bicyclic) bond motifs is 1. The van der Waals surface area contributed by atoms with Crippen LogP contribution in [0.5, 0.6) is 0 Å². The Morgan fingerprint density at radius 3 is 2.74 bits per heavy atom. The van der Waals surface area contributed by atoms with E-state index in [0.29, 0.717) is 39.0 Å². The predicted octanol–water partition coefficient (Wildman–Crippen LogP) is 4.53. The number of pyridine rings is 3. The Morgan fingerprint density at radius 1 is 1.20 bits per heavy atom. The summed E-state index contributed by atoms with van der Waals surface area (Å²) in [5.74, 6) is -1.03. The monoisotopic (exact) mass is 497 g/mol. The molecule has 0 spiro atoms. The summed E-state index contributed by atoms with van der Waals surface area (Å²) in [6.45, 7) is 4.68. The first-order valence-corrected chi connectivity index (χ1v) is 11.9. The van der Waals surface area contributed by atoms with Gasteiger partial charge in [0.25, 0.3) is 0 Å². The number of phosphoric acid groups is 1. The molecular formula is C23H21FN5O5P. The van der Waals surface area contributed by atoms with Gasteiger partial charge in [0, 0.05) is 52.9 Å². The van der Waals surface area contributed by atoms with E-state index in [1.807, 2.05) is 6.07 Å². The number of hydrogen-bond acceptors (Lipinski definition) is 7. The second kappa shape index (κ2) is 10.2. The Bertz CT molecular complexity index is 1460. The molecule has 4 aromatic heterocycles. The first kappa shape index (κ1) is 24.4. The van der Waals surface area contributed by atoms with Gasteiger partial charge in [-0.25, -0.2) is 14.5 Å². The maximum atomic E-state index is 13.9. The van der Waals surface area contributed by atoms with Gasteiger partial charge in [0.2, 0.25) is 11.9 Å². The SMILES string of the molecule is C=CC(=O)Nc1cncc(-c2cnc3c(c2)c(-c2ccnc(F)c2)cn3COP(=O)(O)OCC)c1. The average Bonchev–Trinajstić information content (AvgIpc) is 3.21. The highest BCUT2D eigenvalue weighted by molar-refractivity contribution is 7.47. The maximum absolute atomic E-state index is 13.9. The van der Waals surface area contributed by atoms with Crippen LogP contribution in [-0.2, 0) is 25.1 Å². The molecule has 0 bridgehead atoms. The van der Waals surface area contributed by atoms with Gasteiger partial charge in [-0.05, 0) is 36.8 Å². The lowest BCUT2D eigenvalue weighted by molar-refractivity contribution is -0.111. The van der Waals surface area contributed by atoms with Gasteiger partial charge in [-0.1, -0.05) is 6.58 Å². The summed E-state index contributed by atoms with van der Waals surface area (Å²) in [4.78, 5) is 33.7. The van der Waals surface area contributed by atoms with Gasteiger partial charge in [0.05, 0.1) is 18.5 Å². The fraction of sp³-hybridized carbons (Fsp3) is 0.130. The predicted molar refractivity (Wildman–Crippen MR) is 128 cm³/mol. The van der Waals surface area contributed by atoms with Gasteiger partial charge in [-0.15, -0.1) is 0 Å². The Kier molecular flexibility index (Phi) is 7.13. The van der Waals surface area contributed by atoms with Crippen LogP contribution in [-0.4, -0.2) is 36.9 Å². The minimum Gasteiger partial charge on any atom is -0.321 e. The van der Waals surface area contributed by atoms with Crippen molar-refractivity contribution < 1.29 is 27.7 Å². The second-order valence-corrected chi connectivity index (χ2v) is 8.73. The van der Waals surface area contributed by atoms with Crippen LogP contribution in [0.3, 0.4) is 0 Å². The summed E-state index contributed by atoms with van der Waals surface area (Å²) in [5.41, 5.74) is 3.39. The lowest BCUT2D eigenvalue weighted by Crippen LogP contribution is -2.07. The van der Waals surface area contributed by atoms with Crippen molar-refractivity contribution >= 4 is 30.5 Å². The second-order valence-electron chi connectivity index (χ2n) is 7.28. The van der Waals surface area contributed by atoms with Crippen molar-refractivity contribution in [3.63, 3.8) is 0 Å². The van der Waals surface area contributed by atoms with Crippen molar-refractivity contribution in [2.45, 2.75) is 13.7 Å². The highest BCUT2D eigenvalue weighted by Crippen LogP contribution is 2.44. The zero-order valence-electron chi connectivity index (χ0n) is 18.6. The van der Waals surface area contributed by atoms with E-state index in [0.717, 1.165) is 6.08 Å². The number of anilines is 1. The van der Waals surface area contributed by atoms with Crippen molar-refractivity contribution in [1.29, 1.82) is 0 Å². The molecule has 4 rings (SSSR count). The van der Waals surface area contributed by atoms with Crippen LogP contribution in [0.4, 0.5) is 10.1 Å². The minimum atomic E-state index is -4.25. The lowest BCUT2D eigenvalue weighted by Gasteiger charge is -2.11. The number of carbonyl (C=O) groups excluding carboxylic acids is 1. The quantitative estimate of drug-likeness (QED) is 0.196. The van der Waals surface area contributed by atoms with E-state index in [2.05, 4.69) is 26.8 Å². The summed E-state index contributed by atoms with van der Waals surface area (Å²) in [6.07, 6.45) is 8.84. The molecule has 2 N–H and O–H groups in total. The Labute approximate surface area is 199 Å². The topological polar surface area (TPSA) is 128 Å². The number of halogens is 1. The zero-order valence-corrected chi connectivity index (χ0v) is 19.5. The number of rotatable bonds is 9. The number of aromatic nitrogens is 4. The molecular weight excluding hydrogens is 476 g/mol. The summed E-state index contributed by atoms with van der Waals surface area (Å²) >= 11 is 0. The maximum Gasteiger partial charge on any atom is 0.473 e. The molecule has 0 fully saturated rings. The number of carbonyl (C=O) groups is 1. The molecule has 1 unspecified atom stereocenters. The van der Waals surface area contributed by atoms with E-state index < -0.39 is 13.8 Å². The van der Waals surface area contributed by atoms with E-state index in [4.69, 9.17) is 9.05 Å². The number of phosphoric ester groups is 1. The van der Waals surface area contributed by atoms with Crippen molar-refractivity contribution in [3.8, 4) is 22.3 Å². The molecule has 0 aliphatic rings. The van der Waals surface area contributed by atoms with Crippen LogP contribution in [0.2, 0.25) is 0 Å². The van der Waals surface area contributed by atoms with E-state index in [1.165, 1.54) is 23.0 Å². The van der Waals surface area contributed by atoms with E-state index in [9.17, 15) is 18.6 Å². The number of nitrogens with one attached hydrogen (secondary N) is 1. The zero-order chi connectivity index (χ0) is 25.0. The smallest absolute Gasteiger partial charge is 0.321 e. The molecule has 12 heteroatoms. The molecule has 1 atom stereocenters. The molecule has 0 aliphatic heterocycles. The molecule has 0 saturated heterocycles. The highest BCUT2D eigenvalue weighted by atomic mass is 31.2. The summed E-state index contributed by atoms with van der Waals surface area (Å²) in [5, 5.41) is 3.28. The van der Waals surface area contributed by atoms with Crippen molar-refractivity contribution in [1.82, 2.24) is 19.5 Å². The van der Waals surface area contributed by atoms with E-state index in [-0.39, 0.29) is 19.2 Å². The molecule has 0 radical (unpaired) electrons. The van der Waals surface area contributed by atoms with Gasteiger partial charge < -0.3 is 14.8 Å². The third-order valence-electron chi connectivity index (χ3n) is 4.93. The van der Waals surface area contributed by atoms with Crippen molar-refractivity contribution in [2.24, 2.45) is 0 Å². The molecule has 4 aromatic rings. The normalized spacial score (nSPS) is 12.9. The first-order valence-electron chi connectivity index (χ1n) is 10.4. The molecule has 1 amide bonds. The molecule has 180 valence electrons. The fourth-order valence-corrected chi connectivity index (χ4v) is 4.09. The van der Waals surface area contributed by atoms with E-state index in [1.54, 1.807) is 37.6 Å². The van der Waals surface area contributed by atoms with Crippen LogP contribution >= 0.6 is 7.82 Å². The first-order chi connectivity index (χ1) is 16.8. The minimum absolute atomic E-state index is 0.00368. The summed E-state index contributed by atoms with van der Waals surface area (Å²) < 4.78 is 37.2. The molecule has 35 heavy (non-hydrogen) atoms. The number of hydrogen-bond donors (Lipinski definition) is 2. The van der Waals surface area contributed by atoms with Crippen molar-refractivity contribution in [3.05, 3.63) is 73.9 Å². The third kappa shape index (κ3) is 5.67. The van der Waals surface area contributed by atoms with Gasteiger partial charge in [-0.3, -0.25) is 18.8 Å². The Morgan fingerprint density at radius 2 is 2.00 bits per heavy atom. The highest BCUT2D eigenvalue weighted by Gasteiger charge is 2.22. The van der Waals surface area contributed by atoms with Gasteiger partial charge in [0.15, 0.2) is 0 Å². The molecule has 4 heterocycles. The molecule has 10 nitrogen and oxygen atoms in total. The largest absolute Gasteiger partial charge is 0.473 e.